The molecule has 1 rings (SSSR count). The fourth-order valence-electron chi connectivity index (χ4n) is 1.83. The molecule has 0 aliphatic heterocycles. The normalized spacial score (nSPS) is 13.7. The molecule has 1 aromatic rings. The van der Waals surface area contributed by atoms with E-state index in [0.29, 0.717) is 5.56 Å². The van der Waals surface area contributed by atoms with Crippen molar-refractivity contribution in [2.24, 2.45) is 0 Å². The van der Waals surface area contributed by atoms with Crippen molar-refractivity contribution in [2.75, 3.05) is 7.11 Å². The van der Waals surface area contributed by atoms with Gasteiger partial charge in [-0.15, -0.1) is 0 Å². The Labute approximate surface area is 112 Å². The van der Waals surface area contributed by atoms with Gasteiger partial charge in [-0.1, -0.05) is 29.3 Å². The minimum Gasteiger partial charge on any atom is -0.479 e. The first-order valence-corrected chi connectivity index (χ1v) is 5.99. The Hall–Kier alpha value is -1.88. The molecule has 0 radical (unpaired) electrons. The third-order valence-corrected chi connectivity index (χ3v) is 2.83. The fraction of sp³-hybridized carbons (Fsp3) is 0.429. The van der Waals surface area contributed by atoms with Crippen LogP contribution in [0.1, 0.15) is 29.7 Å². The molecular formula is C14H19NO4. The number of aliphatic carboxylic acids is 1. The summed E-state index contributed by atoms with van der Waals surface area (Å²) in [6.45, 7) is 5.33. The molecule has 1 aromatic carbocycles. The lowest BCUT2D eigenvalue weighted by atomic mass is 10.0. The molecule has 2 unspecified atom stereocenters. The zero-order valence-electron chi connectivity index (χ0n) is 11.6. The summed E-state index contributed by atoms with van der Waals surface area (Å²) in [6.07, 6.45) is -0.687. The summed E-state index contributed by atoms with van der Waals surface area (Å²) in [5.74, 6) is -1.55. The number of carbonyl (C=O) groups excluding carboxylic acids is 1. The smallest absolute Gasteiger partial charge is 0.330 e. The van der Waals surface area contributed by atoms with Crippen LogP contribution in [0.15, 0.2) is 18.2 Å². The minimum atomic E-state index is -1.10. The van der Waals surface area contributed by atoms with Crippen LogP contribution in [-0.4, -0.2) is 30.2 Å². The average Bonchev–Trinajstić information content (AvgIpc) is 2.32. The Morgan fingerprint density at radius 1 is 1.21 bits per heavy atom. The van der Waals surface area contributed by atoms with E-state index in [-0.39, 0.29) is 0 Å². The van der Waals surface area contributed by atoms with E-state index >= 15 is 0 Å². The van der Waals surface area contributed by atoms with Crippen molar-refractivity contribution in [1.82, 2.24) is 5.32 Å². The van der Waals surface area contributed by atoms with Gasteiger partial charge in [0.1, 0.15) is 6.10 Å². The number of aryl methyl sites for hydroxylation is 2. The summed E-state index contributed by atoms with van der Waals surface area (Å²) in [5, 5.41) is 11.7. The van der Waals surface area contributed by atoms with E-state index in [1.54, 1.807) is 19.1 Å². The second kappa shape index (κ2) is 6.33. The Morgan fingerprint density at radius 3 is 2.16 bits per heavy atom. The second-order valence-electron chi connectivity index (χ2n) is 4.58. The van der Waals surface area contributed by atoms with Gasteiger partial charge in [-0.25, -0.2) is 4.79 Å². The highest BCUT2D eigenvalue weighted by molar-refractivity contribution is 5.86. The largest absolute Gasteiger partial charge is 0.479 e. The SMILES string of the molecule is COC(C)C(=O)NC(C(=O)O)c1cc(C)cc(C)c1. The number of carbonyl (C=O) groups is 2. The zero-order valence-corrected chi connectivity index (χ0v) is 11.6. The van der Waals surface area contributed by atoms with Crippen LogP contribution in [0.2, 0.25) is 0 Å². The van der Waals surface area contributed by atoms with E-state index in [4.69, 9.17) is 4.74 Å². The molecule has 5 nitrogen and oxygen atoms in total. The van der Waals surface area contributed by atoms with E-state index in [2.05, 4.69) is 5.32 Å². The maximum absolute atomic E-state index is 11.7. The van der Waals surface area contributed by atoms with Crippen molar-refractivity contribution in [2.45, 2.75) is 32.9 Å². The molecule has 19 heavy (non-hydrogen) atoms. The number of ether oxygens (including phenoxy) is 1. The van der Waals surface area contributed by atoms with Gasteiger partial charge in [-0.2, -0.15) is 0 Å². The van der Waals surface area contributed by atoms with Crippen LogP contribution in [0.5, 0.6) is 0 Å². The van der Waals surface area contributed by atoms with Crippen LogP contribution in [-0.2, 0) is 14.3 Å². The first kappa shape index (κ1) is 15.2. The van der Waals surface area contributed by atoms with Crippen LogP contribution in [0.3, 0.4) is 0 Å². The summed E-state index contributed by atoms with van der Waals surface area (Å²) in [6, 6.07) is 4.39. The van der Waals surface area contributed by atoms with Gasteiger partial charge >= 0.3 is 5.97 Å². The summed E-state index contributed by atoms with van der Waals surface area (Å²) in [7, 11) is 1.40. The van der Waals surface area contributed by atoms with Crippen molar-refractivity contribution >= 4 is 11.9 Å². The quantitative estimate of drug-likeness (QED) is 0.847. The van der Waals surface area contributed by atoms with E-state index < -0.39 is 24.0 Å². The number of carboxylic acid groups (broad SMARTS) is 1. The van der Waals surface area contributed by atoms with E-state index in [1.807, 2.05) is 19.9 Å². The monoisotopic (exact) mass is 265 g/mol. The van der Waals surface area contributed by atoms with E-state index in [9.17, 15) is 14.7 Å². The highest BCUT2D eigenvalue weighted by Crippen LogP contribution is 2.17. The molecule has 2 atom stereocenters. The minimum absolute atomic E-state index is 0.450. The van der Waals surface area contributed by atoms with Gasteiger partial charge in [-0.05, 0) is 26.3 Å². The zero-order chi connectivity index (χ0) is 14.6. The fourth-order valence-corrected chi connectivity index (χ4v) is 1.83. The van der Waals surface area contributed by atoms with E-state index in [1.165, 1.54) is 7.11 Å². The van der Waals surface area contributed by atoms with Crippen molar-refractivity contribution in [3.8, 4) is 0 Å². The van der Waals surface area contributed by atoms with Crippen LogP contribution in [0.4, 0.5) is 0 Å². The number of methoxy groups -OCH3 is 1. The molecule has 0 heterocycles. The third-order valence-electron chi connectivity index (χ3n) is 2.83. The van der Waals surface area contributed by atoms with Gasteiger partial charge < -0.3 is 15.2 Å². The molecule has 0 aromatic heterocycles. The molecule has 0 saturated heterocycles. The van der Waals surface area contributed by atoms with Gasteiger partial charge in [0.15, 0.2) is 6.04 Å². The molecule has 5 heteroatoms. The molecular weight excluding hydrogens is 246 g/mol. The van der Waals surface area contributed by atoms with Gasteiger partial charge in [-0.3, -0.25) is 4.79 Å². The third kappa shape index (κ3) is 4.06. The average molecular weight is 265 g/mol. The first-order chi connectivity index (χ1) is 8.85. The molecule has 0 aliphatic rings. The summed E-state index contributed by atoms with van der Waals surface area (Å²) >= 11 is 0. The molecule has 1 amide bonds. The van der Waals surface area contributed by atoms with Crippen LogP contribution < -0.4 is 5.32 Å². The maximum atomic E-state index is 11.7. The lowest BCUT2D eigenvalue weighted by Gasteiger charge is -2.18. The molecule has 0 spiro atoms. The van der Waals surface area contributed by atoms with Gasteiger partial charge in [0.25, 0.3) is 0 Å². The number of hydrogen-bond donors (Lipinski definition) is 2. The van der Waals surface area contributed by atoms with Crippen LogP contribution in [0.25, 0.3) is 0 Å². The summed E-state index contributed by atoms with van der Waals surface area (Å²) < 4.78 is 4.87. The first-order valence-electron chi connectivity index (χ1n) is 5.99. The Kier molecular flexibility index (Phi) is 5.06. The molecule has 2 N–H and O–H groups in total. The predicted octanol–water partition coefficient (Wildman–Crippen LogP) is 1.58. The highest BCUT2D eigenvalue weighted by atomic mass is 16.5. The topological polar surface area (TPSA) is 75.6 Å². The van der Waals surface area contributed by atoms with Crippen molar-refractivity contribution in [3.05, 3.63) is 34.9 Å². The number of hydrogen-bond acceptors (Lipinski definition) is 3. The van der Waals surface area contributed by atoms with Gasteiger partial charge in [0, 0.05) is 7.11 Å². The number of amides is 1. The molecule has 0 aliphatic carbocycles. The Balaban J connectivity index is 3.01. The van der Waals surface area contributed by atoms with Crippen molar-refractivity contribution in [1.29, 1.82) is 0 Å². The molecule has 0 saturated carbocycles. The highest BCUT2D eigenvalue weighted by Gasteiger charge is 2.24. The van der Waals surface area contributed by atoms with Crippen molar-refractivity contribution < 1.29 is 19.4 Å². The standard InChI is InChI=1S/C14H19NO4/c1-8-5-9(2)7-11(6-8)12(14(17)18)15-13(16)10(3)19-4/h5-7,10,12H,1-4H3,(H,15,16)(H,17,18). The second-order valence-corrected chi connectivity index (χ2v) is 4.58. The van der Waals surface area contributed by atoms with Crippen LogP contribution in [0, 0.1) is 13.8 Å². The lowest BCUT2D eigenvalue weighted by molar-refractivity contribution is -0.143. The number of rotatable bonds is 5. The summed E-state index contributed by atoms with van der Waals surface area (Å²) in [5.41, 5.74) is 2.47. The maximum Gasteiger partial charge on any atom is 0.330 e. The van der Waals surface area contributed by atoms with Gasteiger partial charge in [0.2, 0.25) is 5.91 Å². The van der Waals surface area contributed by atoms with E-state index in [0.717, 1.165) is 11.1 Å². The number of nitrogens with one attached hydrogen (secondary N) is 1. The number of carboxylic acids is 1. The molecule has 0 bridgehead atoms. The Morgan fingerprint density at radius 2 is 1.74 bits per heavy atom. The van der Waals surface area contributed by atoms with Crippen LogP contribution >= 0.6 is 0 Å². The van der Waals surface area contributed by atoms with Crippen molar-refractivity contribution in [3.63, 3.8) is 0 Å². The Bertz CT molecular complexity index is 464. The summed E-state index contributed by atoms with van der Waals surface area (Å²) in [4.78, 5) is 23.0. The number of benzene rings is 1. The predicted molar refractivity (Wildman–Crippen MR) is 70.9 cm³/mol. The lowest BCUT2D eigenvalue weighted by Crippen LogP contribution is -2.39. The molecule has 0 fully saturated rings. The molecule has 104 valence electrons. The van der Waals surface area contributed by atoms with Gasteiger partial charge in [0.05, 0.1) is 0 Å².